The molecule has 0 amide bonds. The van der Waals surface area contributed by atoms with Gasteiger partial charge in [-0.1, -0.05) is 0 Å². The number of hydrogen-bond acceptors (Lipinski definition) is 4. The van der Waals surface area contributed by atoms with Crippen LogP contribution in [0, 0.1) is 0 Å². The fourth-order valence-electron chi connectivity index (χ4n) is 1.52. The average Bonchev–Trinajstić information content (AvgIpc) is 2.40. The predicted molar refractivity (Wildman–Crippen MR) is 67.6 cm³/mol. The highest BCUT2D eigenvalue weighted by atomic mass is 14.7. The molecule has 4 heteroatoms. The van der Waals surface area contributed by atoms with Crippen molar-refractivity contribution in [3.63, 3.8) is 0 Å². The van der Waals surface area contributed by atoms with E-state index in [1.165, 1.54) is 0 Å². The largest absolute Gasteiger partial charge is 0.398 e. The van der Waals surface area contributed by atoms with Crippen LogP contribution in [0.15, 0.2) is 55.1 Å². The first-order chi connectivity index (χ1) is 8.27. The lowest BCUT2D eigenvalue weighted by molar-refractivity contribution is 0.906. The van der Waals surface area contributed by atoms with Crippen molar-refractivity contribution in [1.82, 2.24) is 9.97 Å². The Bertz CT molecular complexity index is 493. The van der Waals surface area contributed by atoms with Crippen molar-refractivity contribution in [1.29, 1.82) is 0 Å². The van der Waals surface area contributed by atoms with Crippen LogP contribution in [0.1, 0.15) is 17.2 Å². The first-order valence-corrected chi connectivity index (χ1v) is 5.30. The number of nitrogens with zero attached hydrogens (tertiary/aromatic N) is 2. The number of nitrogens with two attached hydrogens (primary N) is 2. The van der Waals surface area contributed by atoms with E-state index in [2.05, 4.69) is 9.97 Å². The first kappa shape index (κ1) is 11.3. The van der Waals surface area contributed by atoms with Gasteiger partial charge in [0.2, 0.25) is 0 Å². The molecule has 0 aliphatic heterocycles. The van der Waals surface area contributed by atoms with Gasteiger partial charge in [-0.05, 0) is 35.9 Å². The summed E-state index contributed by atoms with van der Waals surface area (Å²) >= 11 is 0. The number of rotatable bonds is 3. The minimum Gasteiger partial charge on any atom is -0.398 e. The molecule has 0 aliphatic rings. The molecule has 0 aliphatic carbocycles. The van der Waals surface area contributed by atoms with Crippen LogP contribution in [0.5, 0.6) is 0 Å². The number of aromatic nitrogens is 2. The average molecular weight is 226 g/mol. The van der Waals surface area contributed by atoms with Gasteiger partial charge in [0, 0.05) is 36.0 Å². The summed E-state index contributed by atoms with van der Waals surface area (Å²) in [4.78, 5) is 7.89. The standard InChI is InChI=1S/C13H14N4/c14-12(10-1-5-16-6-2-10)9-13(15)11-3-7-17-8-4-11/h1-9,12H,14-15H2/b13-9-. The highest BCUT2D eigenvalue weighted by molar-refractivity contribution is 5.62. The van der Waals surface area contributed by atoms with Crippen molar-refractivity contribution in [2.75, 3.05) is 0 Å². The second-order valence-corrected chi connectivity index (χ2v) is 3.66. The molecule has 0 saturated heterocycles. The quantitative estimate of drug-likeness (QED) is 0.830. The summed E-state index contributed by atoms with van der Waals surface area (Å²) < 4.78 is 0. The third-order valence-electron chi connectivity index (χ3n) is 2.46. The molecule has 2 rings (SSSR count). The fraction of sp³-hybridized carbons (Fsp3) is 0.0769. The predicted octanol–water partition coefficient (Wildman–Crippen LogP) is 1.48. The van der Waals surface area contributed by atoms with E-state index in [1.54, 1.807) is 24.8 Å². The summed E-state index contributed by atoms with van der Waals surface area (Å²) in [5, 5.41) is 0. The van der Waals surface area contributed by atoms with Crippen molar-refractivity contribution in [3.05, 3.63) is 66.3 Å². The zero-order chi connectivity index (χ0) is 12.1. The molecule has 0 fully saturated rings. The lowest BCUT2D eigenvalue weighted by Crippen LogP contribution is -2.10. The molecular formula is C13H14N4. The molecule has 1 unspecified atom stereocenters. The Kier molecular flexibility index (Phi) is 3.47. The highest BCUT2D eigenvalue weighted by Crippen LogP contribution is 2.15. The second-order valence-electron chi connectivity index (χ2n) is 3.66. The van der Waals surface area contributed by atoms with Crippen LogP contribution in [-0.2, 0) is 0 Å². The summed E-state index contributed by atoms with van der Waals surface area (Å²) in [6.07, 6.45) is 8.66. The maximum Gasteiger partial charge on any atom is 0.0505 e. The zero-order valence-corrected chi connectivity index (χ0v) is 9.32. The third-order valence-corrected chi connectivity index (χ3v) is 2.46. The fourth-order valence-corrected chi connectivity index (χ4v) is 1.52. The van der Waals surface area contributed by atoms with Gasteiger partial charge in [0.05, 0.1) is 6.04 Å². The van der Waals surface area contributed by atoms with Gasteiger partial charge >= 0.3 is 0 Å². The third kappa shape index (κ3) is 2.89. The van der Waals surface area contributed by atoms with E-state index in [0.29, 0.717) is 5.70 Å². The monoisotopic (exact) mass is 226 g/mol. The van der Waals surface area contributed by atoms with E-state index in [0.717, 1.165) is 11.1 Å². The Morgan fingerprint density at radius 1 is 1.00 bits per heavy atom. The van der Waals surface area contributed by atoms with Crippen LogP contribution in [-0.4, -0.2) is 9.97 Å². The molecule has 0 radical (unpaired) electrons. The summed E-state index contributed by atoms with van der Waals surface area (Å²) in [6, 6.07) is 7.23. The SMILES string of the molecule is N/C(=C\C(N)c1ccncc1)c1ccncc1. The molecule has 86 valence electrons. The molecule has 4 N–H and O–H groups in total. The molecule has 0 aromatic carbocycles. The highest BCUT2D eigenvalue weighted by Gasteiger charge is 2.03. The van der Waals surface area contributed by atoms with Crippen molar-refractivity contribution >= 4 is 5.70 Å². The van der Waals surface area contributed by atoms with Crippen LogP contribution < -0.4 is 11.5 Å². The minimum absolute atomic E-state index is 0.230. The van der Waals surface area contributed by atoms with E-state index in [4.69, 9.17) is 11.5 Å². The molecule has 4 nitrogen and oxygen atoms in total. The molecule has 0 saturated carbocycles. The number of hydrogen-bond donors (Lipinski definition) is 2. The maximum atomic E-state index is 6.03. The van der Waals surface area contributed by atoms with E-state index in [-0.39, 0.29) is 6.04 Å². The van der Waals surface area contributed by atoms with Gasteiger partial charge in [-0.25, -0.2) is 0 Å². The summed E-state index contributed by atoms with van der Waals surface area (Å²) in [5.74, 6) is 0. The Balaban J connectivity index is 2.20. The van der Waals surface area contributed by atoms with Gasteiger partial charge < -0.3 is 11.5 Å². The Hall–Kier alpha value is -2.20. The van der Waals surface area contributed by atoms with E-state index >= 15 is 0 Å². The van der Waals surface area contributed by atoms with Crippen LogP contribution in [0.4, 0.5) is 0 Å². The van der Waals surface area contributed by atoms with Crippen molar-refractivity contribution in [2.24, 2.45) is 11.5 Å². The van der Waals surface area contributed by atoms with Crippen molar-refractivity contribution in [2.45, 2.75) is 6.04 Å². The molecule has 2 heterocycles. The molecule has 2 aromatic rings. The normalized spacial score (nSPS) is 13.4. The van der Waals surface area contributed by atoms with Crippen LogP contribution in [0.2, 0.25) is 0 Å². The second kappa shape index (κ2) is 5.23. The lowest BCUT2D eigenvalue weighted by Gasteiger charge is -2.08. The van der Waals surface area contributed by atoms with Gasteiger partial charge in [0.25, 0.3) is 0 Å². The van der Waals surface area contributed by atoms with Crippen LogP contribution in [0.3, 0.4) is 0 Å². The summed E-state index contributed by atoms with van der Waals surface area (Å²) in [5.41, 5.74) is 14.6. The Morgan fingerprint density at radius 2 is 1.53 bits per heavy atom. The molecular weight excluding hydrogens is 212 g/mol. The van der Waals surface area contributed by atoms with Gasteiger partial charge in [-0.15, -0.1) is 0 Å². The maximum absolute atomic E-state index is 6.03. The molecule has 2 aromatic heterocycles. The molecule has 17 heavy (non-hydrogen) atoms. The molecule has 0 bridgehead atoms. The van der Waals surface area contributed by atoms with E-state index in [9.17, 15) is 0 Å². The molecule has 1 atom stereocenters. The number of pyridine rings is 2. The molecule has 0 spiro atoms. The van der Waals surface area contributed by atoms with Crippen molar-refractivity contribution in [3.8, 4) is 0 Å². The van der Waals surface area contributed by atoms with E-state index < -0.39 is 0 Å². The summed E-state index contributed by atoms with van der Waals surface area (Å²) in [7, 11) is 0. The first-order valence-electron chi connectivity index (χ1n) is 5.30. The van der Waals surface area contributed by atoms with Crippen molar-refractivity contribution < 1.29 is 0 Å². The Labute approximate surface area is 100 Å². The van der Waals surface area contributed by atoms with Gasteiger partial charge in [-0.2, -0.15) is 0 Å². The van der Waals surface area contributed by atoms with Gasteiger partial charge in [0.15, 0.2) is 0 Å². The van der Waals surface area contributed by atoms with Gasteiger partial charge in [-0.3, -0.25) is 9.97 Å². The zero-order valence-electron chi connectivity index (χ0n) is 9.32. The van der Waals surface area contributed by atoms with Crippen LogP contribution >= 0.6 is 0 Å². The lowest BCUT2D eigenvalue weighted by atomic mass is 10.1. The summed E-state index contributed by atoms with van der Waals surface area (Å²) in [6.45, 7) is 0. The minimum atomic E-state index is -0.230. The van der Waals surface area contributed by atoms with Gasteiger partial charge in [0.1, 0.15) is 0 Å². The Morgan fingerprint density at radius 3 is 2.12 bits per heavy atom. The van der Waals surface area contributed by atoms with Crippen LogP contribution in [0.25, 0.3) is 5.70 Å². The smallest absolute Gasteiger partial charge is 0.0505 e. The topological polar surface area (TPSA) is 77.8 Å². The van der Waals surface area contributed by atoms with E-state index in [1.807, 2.05) is 30.3 Å².